The molecule has 0 saturated carbocycles. The Hall–Kier alpha value is -2.65. The SMILES string of the molecule is C=CCOC(=O)N(C)[C@H](CC(C)C)C(=O)Oc1c(F)c(F)c(F)c(F)c1F. The third-order valence-corrected chi connectivity index (χ3v) is 3.42. The lowest BCUT2D eigenvalue weighted by Crippen LogP contribution is -2.45. The highest BCUT2D eigenvalue weighted by atomic mass is 19.2. The number of likely N-dealkylation sites (N-methyl/N-ethyl adjacent to an activating group) is 1. The van der Waals surface area contributed by atoms with E-state index in [0.29, 0.717) is 0 Å². The van der Waals surface area contributed by atoms with Crippen molar-refractivity contribution >= 4 is 12.1 Å². The van der Waals surface area contributed by atoms with Crippen LogP contribution in [0.2, 0.25) is 0 Å². The van der Waals surface area contributed by atoms with E-state index in [1.54, 1.807) is 13.8 Å². The lowest BCUT2D eigenvalue weighted by molar-refractivity contribution is -0.140. The van der Waals surface area contributed by atoms with Crippen LogP contribution >= 0.6 is 0 Å². The molecule has 0 aliphatic heterocycles. The fourth-order valence-electron chi connectivity index (χ4n) is 2.06. The van der Waals surface area contributed by atoms with Crippen molar-refractivity contribution in [1.29, 1.82) is 0 Å². The van der Waals surface area contributed by atoms with Crippen molar-refractivity contribution in [3.63, 3.8) is 0 Å². The first kappa shape index (κ1) is 22.4. The van der Waals surface area contributed by atoms with E-state index < -0.39 is 52.9 Å². The van der Waals surface area contributed by atoms with Crippen molar-refractivity contribution < 1.29 is 41.0 Å². The van der Waals surface area contributed by atoms with E-state index in [9.17, 15) is 31.5 Å². The minimum Gasteiger partial charge on any atom is -0.445 e. The molecule has 10 heteroatoms. The highest BCUT2D eigenvalue weighted by Gasteiger charge is 2.34. The van der Waals surface area contributed by atoms with Gasteiger partial charge in [-0.3, -0.25) is 4.90 Å². The van der Waals surface area contributed by atoms with Crippen LogP contribution in [0.5, 0.6) is 5.75 Å². The number of rotatable bonds is 7. The number of halogens is 5. The smallest absolute Gasteiger partial charge is 0.410 e. The van der Waals surface area contributed by atoms with Crippen LogP contribution in [0.1, 0.15) is 20.3 Å². The Labute approximate surface area is 152 Å². The fourth-order valence-corrected chi connectivity index (χ4v) is 2.06. The first-order chi connectivity index (χ1) is 12.5. The molecule has 0 unspecified atom stereocenters. The molecular weight excluding hydrogens is 377 g/mol. The predicted molar refractivity (Wildman–Crippen MR) is 84.4 cm³/mol. The van der Waals surface area contributed by atoms with Crippen molar-refractivity contribution in [2.45, 2.75) is 26.3 Å². The summed E-state index contributed by atoms with van der Waals surface area (Å²) in [5, 5.41) is 0. The summed E-state index contributed by atoms with van der Waals surface area (Å²) in [6.45, 7) is 6.55. The summed E-state index contributed by atoms with van der Waals surface area (Å²) < 4.78 is 76.1. The zero-order valence-electron chi connectivity index (χ0n) is 14.8. The average molecular weight is 395 g/mol. The third-order valence-electron chi connectivity index (χ3n) is 3.42. The molecule has 0 fully saturated rings. The topological polar surface area (TPSA) is 55.8 Å². The Bertz CT molecular complexity index is 710. The second-order valence-electron chi connectivity index (χ2n) is 5.94. The molecule has 27 heavy (non-hydrogen) atoms. The minimum atomic E-state index is -2.38. The number of hydrogen-bond acceptors (Lipinski definition) is 4. The van der Waals surface area contributed by atoms with Gasteiger partial charge in [0, 0.05) is 7.05 Å². The molecule has 1 rings (SSSR count). The van der Waals surface area contributed by atoms with Gasteiger partial charge in [-0.2, -0.15) is 8.78 Å². The molecule has 1 aromatic carbocycles. The number of ether oxygens (including phenoxy) is 2. The number of nitrogens with zero attached hydrogens (tertiary/aromatic N) is 1. The van der Waals surface area contributed by atoms with E-state index in [4.69, 9.17) is 4.74 Å². The van der Waals surface area contributed by atoms with Crippen molar-refractivity contribution in [3.8, 4) is 5.75 Å². The Morgan fingerprint density at radius 2 is 1.52 bits per heavy atom. The number of carbonyl (C=O) groups is 2. The largest absolute Gasteiger partial charge is 0.445 e. The van der Waals surface area contributed by atoms with E-state index in [-0.39, 0.29) is 18.9 Å². The van der Waals surface area contributed by atoms with Gasteiger partial charge in [-0.1, -0.05) is 26.5 Å². The first-order valence-electron chi connectivity index (χ1n) is 7.76. The summed E-state index contributed by atoms with van der Waals surface area (Å²) in [6.07, 6.45) is 0.291. The van der Waals surface area contributed by atoms with Crippen molar-refractivity contribution in [1.82, 2.24) is 4.90 Å². The Kier molecular flexibility index (Phi) is 7.74. The molecule has 0 bridgehead atoms. The number of esters is 1. The van der Waals surface area contributed by atoms with Crippen LogP contribution in [0.3, 0.4) is 0 Å². The van der Waals surface area contributed by atoms with E-state index in [1.165, 1.54) is 6.08 Å². The molecule has 0 aromatic heterocycles. The summed E-state index contributed by atoms with van der Waals surface area (Å²) in [5.74, 6) is -14.8. The zero-order chi connectivity index (χ0) is 20.9. The first-order valence-corrected chi connectivity index (χ1v) is 7.76. The second kappa shape index (κ2) is 9.33. The molecule has 5 nitrogen and oxygen atoms in total. The van der Waals surface area contributed by atoms with E-state index in [1.807, 2.05) is 0 Å². The second-order valence-corrected chi connectivity index (χ2v) is 5.94. The average Bonchev–Trinajstić information content (AvgIpc) is 2.63. The summed E-state index contributed by atoms with van der Waals surface area (Å²) in [4.78, 5) is 25.0. The van der Waals surface area contributed by atoms with Crippen LogP contribution in [0.25, 0.3) is 0 Å². The molecule has 1 amide bonds. The summed E-state index contributed by atoms with van der Waals surface area (Å²) in [7, 11) is 1.16. The Morgan fingerprint density at radius 1 is 1.04 bits per heavy atom. The molecule has 0 spiro atoms. The summed E-state index contributed by atoms with van der Waals surface area (Å²) >= 11 is 0. The van der Waals surface area contributed by atoms with Crippen molar-refractivity contribution in [3.05, 3.63) is 41.7 Å². The van der Waals surface area contributed by atoms with Crippen LogP contribution in [0.4, 0.5) is 26.7 Å². The Morgan fingerprint density at radius 3 is 1.96 bits per heavy atom. The molecule has 0 heterocycles. The molecular formula is C17H18F5NO4. The quantitative estimate of drug-likeness (QED) is 0.175. The molecule has 0 aliphatic rings. The predicted octanol–water partition coefficient (Wildman–Crippen LogP) is 3.96. The van der Waals surface area contributed by atoms with Gasteiger partial charge in [-0.15, -0.1) is 0 Å². The standard InChI is InChI=1S/C17H18F5NO4/c1-5-6-26-17(25)23(4)9(7-8(2)3)16(24)27-15-13(21)11(19)10(18)12(20)14(15)22/h5,8-9H,1,6-7H2,2-4H3/t9-/m1/s1. The van der Waals surface area contributed by atoms with Gasteiger partial charge >= 0.3 is 12.1 Å². The van der Waals surface area contributed by atoms with Gasteiger partial charge < -0.3 is 9.47 Å². The number of carbonyl (C=O) groups excluding carboxylic acids is 2. The van der Waals surface area contributed by atoms with Gasteiger partial charge in [0.25, 0.3) is 0 Å². The molecule has 0 aliphatic carbocycles. The lowest BCUT2D eigenvalue weighted by atomic mass is 10.0. The van der Waals surface area contributed by atoms with E-state index in [2.05, 4.69) is 11.3 Å². The van der Waals surface area contributed by atoms with Crippen molar-refractivity contribution in [2.24, 2.45) is 5.92 Å². The number of amides is 1. The normalized spacial score (nSPS) is 11.9. The van der Waals surface area contributed by atoms with E-state index in [0.717, 1.165) is 11.9 Å². The number of benzene rings is 1. The summed E-state index contributed by atoms with van der Waals surface area (Å²) in [6, 6.07) is -1.39. The van der Waals surface area contributed by atoms with Crippen LogP contribution in [0, 0.1) is 35.0 Å². The molecule has 1 aromatic rings. The van der Waals surface area contributed by atoms with Gasteiger partial charge in [0.15, 0.2) is 0 Å². The number of hydrogen-bond donors (Lipinski definition) is 0. The van der Waals surface area contributed by atoms with E-state index >= 15 is 0 Å². The molecule has 150 valence electrons. The maximum absolute atomic E-state index is 13.7. The van der Waals surface area contributed by atoms with Gasteiger partial charge in [0.1, 0.15) is 12.6 Å². The van der Waals surface area contributed by atoms with Crippen LogP contribution in [-0.2, 0) is 9.53 Å². The fraction of sp³-hybridized carbons (Fsp3) is 0.412. The molecule has 0 saturated heterocycles. The molecule has 0 N–H and O–H groups in total. The van der Waals surface area contributed by atoms with Gasteiger partial charge in [0.2, 0.25) is 34.8 Å². The van der Waals surface area contributed by atoms with Crippen LogP contribution < -0.4 is 4.74 Å². The van der Waals surface area contributed by atoms with Gasteiger partial charge in [-0.05, 0) is 12.3 Å². The third kappa shape index (κ3) is 5.18. The zero-order valence-corrected chi connectivity index (χ0v) is 14.8. The van der Waals surface area contributed by atoms with Gasteiger partial charge in [0.05, 0.1) is 0 Å². The minimum absolute atomic E-state index is 0.0199. The lowest BCUT2D eigenvalue weighted by Gasteiger charge is -2.27. The monoisotopic (exact) mass is 395 g/mol. The van der Waals surface area contributed by atoms with Crippen LogP contribution in [-0.4, -0.2) is 36.7 Å². The highest BCUT2D eigenvalue weighted by molar-refractivity contribution is 5.83. The summed E-state index contributed by atoms with van der Waals surface area (Å²) in [5.41, 5.74) is 0. The Balaban J connectivity index is 3.18. The maximum atomic E-state index is 13.7. The molecule has 1 atom stereocenters. The maximum Gasteiger partial charge on any atom is 0.410 e. The van der Waals surface area contributed by atoms with Gasteiger partial charge in [-0.25, -0.2) is 22.8 Å². The van der Waals surface area contributed by atoms with Crippen LogP contribution in [0.15, 0.2) is 12.7 Å². The molecule has 0 radical (unpaired) electrons. The highest BCUT2D eigenvalue weighted by Crippen LogP contribution is 2.30. The van der Waals surface area contributed by atoms with Crippen molar-refractivity contribution in [2.75, 3.05) is 13.7 Å².